The van der Waals surface area contributed by atoms with Crippen molar-refractivity contribution >= 4 is 50.6 Å². The smallest absolute Gasteiger partial charge is 0.290 e. The van der Waals surface area contributed by atoms with Crippen molar-refractivity contribution in [2.45, 2.75) is 13.5 Å². The first-order valence-corrected chi connectivity index (χ1v) is 9.30. The van der Waals surface area contributed by atoms with Crippen LogP contribution in [-0.2, 0) is 16.1 Å². The number of likely N-dealkylation sites (N-methyl/N-ethyl adjacent to an activating group) is 1. The number of thiophene rings is 1. The number of aliphatic imine (C=N–C) groups is 1. The van der Waals surface area contributed by atoms with Gasteiger partial charge in [0.15, 0.2) is 0 Å². The highest BCUT2D eigenvalue weighted by Crippen LogP contribution is 2.21. The lowest BCUT2D eigenvalue weighted by Gasteiger charge is -2.29. The Labute approximate surface area is 158 Å². The lowest BCUT2D eigenvalue weighted by atomic mass is 10.2. The highest BCUT2D eigenvalue weighted by molar-refractivity contribution is 9.10. The minimum absolute atomic E-state index is 0.0552. The number of hydrogen-bond donors (Lipinski definition) is 1. The molecule has 1 aromatic carbocycles. The zero-order valence-corrected chi connectivity index (χ0v) is 16.2. The van der Waals surface area contributed by atoms with E-state index in [4.69, 9.17) is 0 Å². The number of rotatable bonds is 4. The fourth-order valence-electron chi connectivity index (χ4n) is 2.36. The summed E-state index contributed by atoms with van der Waals surface area (Å²) in [6.45, 7) is 2.40. The van der Waals surface area contributed by atoms with E-state index in [-0.39, 0.29) is 24.2 Å². The molecule has 1 aliphatic heterocycles. The highest BCUT2D eigenvalue weighted by Gasteiger charge is 2.27. The van der Waals surface area contributed by atoms with Gasteiger partial charge in [-0.25, -0.2) is 5.01 Å². The first-order chi connectivity index (χ1) is 11.9. The van der Waals surface area contributed by atoms with E-state index in [1.807, 2.05) is 42.6 Å². The zero-order valence-electron chi connectivity index (χ0n) is 13.8. The van der Waals surface area contributed by atoms with Gasteiger partial charge in [0, 0.05) is 21.8 Å². The number of nitrogens with one attached hydrogen (secondary N) is 1. The van der Waals surface area contributed by atoms with Gasteiger partial charge in [-0.3, -0.25) is 20.0 Å². The van der Waals surface area contributed by atoms with E-state index in [2.05, 4.69) is 26.3 Å². The van der Waals surface area contributed by atoms with Crippen molar-refractivity contribution in [1.82, 2.24) is 10.3 Å². The molecular formula is C17H17BrN4O2S. The lowest BCUT2D eigenvalue weighted by molar-refractivity contribution is -0.123. The standard InChI is InChI=1S/C17H17BrN4O2S/c1-11-3-5-13(6-4-11)22-15(23)8-19-16(20-22)17(24)21(2)9-14-7-12(18)10-25-14/h3-7,10H,8-9H2,1-2H3,(H,19,20). The first-order valence-electron chi connectivity index (χ1n) is 7.63. The molecular weight excluding hydrogens is 404 g/mol. The van der Waals surface area contributed by atoms with Crippen LogP contribution in [0.2, 0.25) is 0 Å². The molecule has 2 amide bonds. The van der Waals surface area contributed by atoms with Crippen molar-refractivity contribution in [3.05, 3.63) is 50.6 Å². The van der Waals surface area contributed by atoms with Gasteiger partial charge in [0.1, 0.15) is 6.54 Å². The number of anilines is 1. The van der Waals surface area contributed by atoms with Crippen LogP contribution in [0.3, 0.4) is 0 Å². The Balaban J connectivity index is 1.72. The van der Waals surface area contributed by atoms with E-state index in [0.29, 0.717) is 12.2 Å². The Morgan fingerprint density at radius 2 is 2.12 bits per heavy atom. The summed E-state index contributed by atoms with van der Waals surface area (Å²) >= 11 is 4.98. The largest absolute Gasteiger partial charge is 0.334 e. The number of carbonyl (C=O) groups excluding carboxylic acids is 2. The molecule has 0 fully saturated rings. The van der Waals surface area contributed by atoms with Crippen LogP contribution in [0.5, 0.6) is 0 Å². The predicted octanol–water partition coefficient (Wildman–Crippen LogP) is 2.73. The Morgan fingerprint density at radius 1 is 1.40 bits per heavy atom. The van der Waals surface area contributed by atoms with Crippen molar-refractivity contribution in [2.75, 3.05) is 18.6 Å². The third-order valence-corrected chi connectivity index (χ3v) is 5.38. The molecule has 1 aromatic heterocycles. The Bertz CT molecular complexity index is 831. The third kappa shape index (κ3) is 4.08. The zero-order chi connectivity index (χ0) is 18.0. The quantitative estimate of drug-likeness (QED) is 0.826. The fourth-order valence-corrected chi connectivity index (χ4v) is 3.87. The van der Waals surface area contributed by atoms with Crippen molar-refractivity contribution in [1.29, 1.82) is 0 Å². The summed E-state index contributed by atoms with van der Waals surface area (Å²) < 4.78 is 0.998. The Hall–Kier alpha value is -2.19. The van der Waals surface area contributed by atoms with Crippen LogP contribution < -0.4 is 10.4 Å². The monoisotopic (exact) mass is 420 g/mol. The lowest BCUT2D eigenvalue weighted by Crippen LogP contribution is -2.55. The predicted molar refractivity (Wildman–Crippen MR) is 103 cm³/mol. The van der Waals surface area contributed by atoms with Crippen molar-refractivity contribution < 1.29 is 9.59 Å². The van der Waals surface area contributed by atoms with E-state index >= 15 is 0 Å². The van der Waals surface area contributed by atoms with Gasteiger partial charge in [0.05, 0.1) is 12.2 Å². The minimum Gasteiger partial charge on any atom is -0.334 e. The molecule has 6 nitrogen and oxygen atoms in total. The number of nitrogens with zero attached hydrogens (tertiary/aromatic N) is 3. The van der Waals surface area contributed by atoms with E-state index in [1.54, 1.807) is 23.3 Å². The molecule has 0 saturated heterocycles. The fraction of sp³-hybridized carbons (Fsp3) is 0.235. The molecule has 2 heterocycles. The Kier molecular flexibility index (Phi) is 5.19. The van der Waals surface area contributed by atoms with E-state index in [9.17, 15) is 9.59 Å². The second-order valence-electron chi connectivity index (χ2n) is 5.73. The number of aryl methyl sites for hydroxylation is 1. The normalized spacial score (nSPS) is 14.1. The molecule has 1 N–H and O–H groups in total. The average molecular weight is 421 g/mol. The van der Waals surface area contributed by atoms with Crippen LogP contribution in [0.25, 0.3) is 0 Å². The maximum atomic E-state index is 12.6. The van der Waals surface area contributed by atoms with Crippen LogP contribution in [0.4, 0.5) is 5.69 Å². The molecule has 0 atom stereocenters. The molecule has 0 bridgehead atoms. The van der Waals surface area contributed by atoms with Crippen LogP contribution in [0, 0.1) is 6.92 Å². The second kappa shape index (κ2) is 7.37. The van der Waals surface area contributed by atoms with Crippen LogP contribution >= 0.6 is 27.3 Å². The van der Waals surface area contributed by atoms with Gasteiger partial charge in [-0.15, -0.1) is 11.3 Å². The molecule has 3 rings (SSSR count). The molecule has 25 heavy (non-hydrogen) atoms. The summed E-state index contributed by atoms with van der Waals surface area (Å²) in [5, 5.41) is 3.34. The molecule has 0 spiro atoms. The molecule has 0 radical (unpaired) electrons. The van der Waals surface area contributed by atoms with Gasteiger partial charge in [-0.1, -0.05) is 17.7 Å². The van der Waals surface area contributed by atoms with Crippen molar-refractivity contribution in [2.24, 2.45) is 4.99 Å². The number of carbonyl (C=O) groups is 2. The Morgan fingerprint density at radius 3 is 2.76 bits per heavy atom. The average Bonchev–Trinajstić information content (AvgIpc) is 3.00. The van der Waals surface area contributed by atoms with Crippen LogP contribution in [0.1, 0.15) is 10.4 Å². The van der Waals surface area contributed by atoms with Gasteiger partial charge in [-0.2, -0.15) is 0 Å². The van der Waals surface area contributed by atoms with Gasteiger partial charge in [0.25, 0.3) is 11.8 Å². The summed E-state index contributed by atoms with van der Waals surface area (Å²) in [4.78, 5) is 31.5. The molecule has 0 aliphatic carbocycles. The molecule has 0 unspecified atom stereocenters. The molecule has 1 aliphatic rings. The SMILES string of the molecule is Cc1ccc(N2NC(C(=O)N(C)Cc3cc(Br)cs3)=NCC2=O)cc1. The summed E-state index contributed by atoms with van der Waals surface area (Å²) in [5.41, 5.74) is 4.63. The summed E-state index contributed by atoms with van der Waals surface area (Å²) in [6, 6.07) is 9.48. The topological polar surface area (TPSA) is 65.0 Å². The first kappa shape index (κ1) is 17.6. The van der Waals surface area contributed by atoms with Gasteiger partial charge >= 0.3 is 0 Å². The summed E-state index contributed by atoms with van der Waals surface area (Å²) in [5.74, 6) is -0.294. The summed E-state index contributed by atoms with van der Waals surface area (Å²) in [6.07, 6.45) is 0. The maximum Gasteiger partial charge on any atom is 0.290 e. The second-order valence-corrected chi connectivity index (χ2v) is 7.65. The van der Waals surface area contributed by atoms with E-state index in [0.717, 1.165) is 14.9 Å². The highest BCUT2D eigenvalue weighted by atomic mass is 79.9. The van der Waals surface area contributed by atoms with Crippen LogP contribution in [0.15, 0.2) is 45.2 Å². The number of hydrogen-bond acceptors (Lipinski definition) is 5. The molecule has 130 valence electrons. The molecule has 2 aromatic rings. The van der Waals surface area contributed by atoms with Gasteiger partial charge in [0.2, 0.25) is 5.84 Å². The minimum atomic E-state index is -0.255. The third-order valence-electron chi connectivity index (χ3n) is 3.70. The van der Waals surface area contributed by atoms with E-state index in [1.165, 1.54) is 5.01 Å². The van der Waals surface area contributed by atoms with Gasteiger partial charge in [-0.05, 0) is 41.1 Å². The number of hydrazine groups is 1. The molecule has 0 saturated carbocycles. The number of amidine groups is 1. The number of halogens is 1. The molecule has 8 heteroatoms. The van der Waals surface area contributed by atoms with E-state index < -0.39 is 0 Å². The van der Waals surface area contributed by atoms with Crippen molar-refractivity contribution in [3.8, 4) is 0 Å². The number of amides is 2. The van der Waals surface area contributed by atoms with Crippen molar-refractivity contribution in [3.63, 3.8) is 0 Å². The summed E-state index contributed by atoms with van der Waals surface area (Å²) in [7, 11) is 1.72. The maximum absolute atomic E-state index is 12.6. The van der Waals surface area contributed by atoms with Crippen LogP contribution in [-0.4, -0.2) is 36.1 Å². The van der Waals surface area contributed by atoms with Gasteiger partial charge < -0.3 is 4.90 Å². The number of benzene rings is 1.